The third kappa shape index (κ3) is 4.95. The molecule has 0 bridgehead atoms. The summed E-state index contributed by atoms with van der Waals surface area (Å²) in [6.07, 6.45) is 4.88. The predicted molar refractivity (Wildman–Crippen MR) is 122 cm³/mol. The van der Waals surface area contributed by atoms with Gasteiger partial charge in [-0.1, -0.05) is 51.3 Å². The quantitative estimate of drug-likeness (QED) is 0.274. The molecule has 5 heteroatoms. The lowest BCUT2D eigenvalue weighted by Crippen LogP contribution is -2.67. The highest BCUT2D eigenvalue weighted by atomic mass is 28.4. The molecule has 25 heavy (non-hydrogen) atoms. The van der Waals surface area contributed by atoms with Crippen LogP contribution in [0.2, 0.25) is 39.3 Å². The minimum Gasteiger partial charge on any atom is -0.408 e. The summed E-state index contributed by atoms with van der Waals surface area (Å²) >= 11 is 0. The molecule has 0 radical (unpaired) electrons. The summed E-state index contributed by atoms with van der Waals surface area (Å²) in [5.41, 5.74) is 4.16. The first kappa shape index (κ1) is 24.8. The van der Waals surface area contributed by atoms with Crippen LogP contribution in [0.25, 0.3) is 0 Å². The maximum absolute atomic E-state index is 7.09. The summed E-state index contributed by atoms with van der Waals surface area (Å²) in [6, 6.07) is 0. The van der Waals surface area contributed by atoms with Crippen molar-refractivity contribution in [2.45, 2.75) is 89.8 Å². The summed E-state index contributed by atoms with van der Waals surface area (Å²) in [5, 5.41) is -0.519. The monoisotopic (exact) mass is 398 g/mol. The lowest BCUT2D eigenvalue weighted by atomic mass is 10.2. The van der Waals surface area contributed by atoms with Crippen molar-refractivity contribution >= 4 is 24.7 Å². The van der Waals surface area contributed by atoms with Crippen LogP contribution in [0.15, 0.2) is 37.2 Å². The van der Waals surface area contributed by atoms with Gasteiger partial charge in [0, 0.05) is 0 Å². The van der Waals surface area contributed by atoms with Crippen LogP contribution in [0.1, 0.15) is 40.0 Å². The van der Waals surface area contributed by atoms with Gasteiger partial charge in [-0.15, -0.1) is 19.7 Å². The maximum atomic E-state index is 7.09. The van der Waals surface area contributed by atoms with Crippen LogP contribution in [0.5, 0.6) is 0 Å². The molecule has 0 aromatic heterocycles. The fourth-order valence-electron chi connectivity index (χ4n) is 3.74. The number of hydrogen-bond acceptors (Lipinski definition) is 2. The standard InChI is InChI=1S/C20H42O2Si3/c1-13-19(14-2,23(7,8)17-5)22-25(11,12)20(15-3,16-4)21-24(9,10)18-6/h13,17-18H,1,5-6,14-16H2,2-4,7-12H3. The average molecular weight is 399 g/mol. The van der Waals surface area contributed by atoms with Crippen LogP contribution in [-0.4, -0.2) is 35.2 Å². The second kappa shape index (κ2) is 8.65. The van der Waals surface area contributed by atoms with Crippen molar-refractivity contribution in [3.05, 3.63) is 37.2 Å². The molecule has 0 aromatic carbocycles. The highest BCUT2D eigenvalue weighted by Gasteiger charge is 2.55. The second-order valence-corrected chi connectivity index (χ2v) is 21.2. The SMILES string of the molecule is C=CC(CC)(O[Si](C)(C)C(CC)(CC)O[Si](C)(C)C=C)[Si](C)(C)C=C. The van der Waals surface area contributed by atoms with Gasteiger partial charge in [-0.2, -0.15) is 0 Å². The van der Waals surface area contributed by atoms with Crippen molar-refractivity contribution in [3.8, 4) is 0 Å². The highest BCUT2D eigenvalue weighted by Crippen LogP contribution is 2.42. The molecular weight excluding hydrogens is 356 g/mol. The molecule has 0 heterocycles. The largest absolute Gasteiger partial charge is 0.408 e. The van der Waals surface area contributed by atoms with Gasteiger partial charge in [0.05, 0.1) is 10.4 Å². The normalized spacial score (nSPS) is 16.2. The van der Waals surface area contributed by atoms with Crippen molar-refractivity contribution in [1.29, 1.82) is 0 Å². The molecule has 146 valence electrons. The van der Waals surface area contributed by atoms with E-state index in [9.17, 15) is 0 Å². The Kier molecular flexibility index (Phi) is 8.58. The maximum Gasteiger partial charge on any atom is 0.217 e. The third-order valence-corrected chi connectivity index (χ3v) is 16.1. The molecule has 0 N–H and O–H groups in total. The Morgan fingerprint density at radius 3 is 1.52 bits per heavy atom. The van der Waals surface area contributed by atoms with Crippen LogP contribution in [-0.2, 0) is 8.85 Å². The number of hydrogen-bond donors (Lipinski definition) is 0. The molecule has 0 aliphatic rings. The Morgan fingerprint density at radius 2 is 1.24 bits per heavy atom. The average Bonchev–Trinajstić information content (AvgIpc) is 2.57. The van der Waals surface area contributed by atoms with Crippen LogP contribution in [0.3, 0.4) is 0 Å². The van der Waals surface area contributed by atoms with Gasteiger partial charge in [-0.05, 0) is 45.5 Å². The first-order valence-corrected chi connectivity index (χ1v) is 18.6. The fraction of sp³-hybridized carbons (Fsp3) is 0.700. The Labute approximate surface area is 160 Å². The lowest BCUT2D eigenvalue weighted by Gasteiger charge is -2.53. The molecule has 0 saturated heterocycles. The zero-order valence-electron chi connectivity index (χ0n) is 18.3. The first-order valence-electron chi connectivity index (χ1n) is 9.59. The van der Waals surface area contributed by atoms with E-state index in [0.29, 0.717) is 0 Å². The molecule has 0 fully saturated rings. The van der Waals surface area contributed by atoms with Gasteiger partial charge >= 0.3 is 0 Å². The molecule has 2 nitrogen and oxygen atoms in total. The van der Waals surface area contributed by atoms with Gasteiger partial charge in [0.2, 0.25) is 16.6 Å². The van der Waals surface area contributed by atoms with Crippen LogP contribution in [0, 0.1) is 0 Å². The van der Waals surface area contributed by atoms with E-state index < -0.39 is 24.7 Å². The minimum atomic E-state index is -2.23. The Hall–Kier alpha value is -0.209. The van der Waals surface area contributed by atoms with E-state index in [4.69, 9.17) is 8.85 Å². The van der Waals surface area contributed by atoms with E-state index in [2.05, 4.69) is 85.5 Å². The van der Waals surface area contributed by atoms with E-state index in [1.54, 1.807) is 0 Å². The molecule has 0 amide bonds. The topological polar surface area (TPSA) is 18.5 Å². The summed E-state index contributed by atoms with van der Waals surface area (Å²) in [4.78, 5) is 0. The molecule has 0 rings (SSSR count). The van der Waals surface area contributed by atoms with Crippen LogP contribution < -0.4 is 0 Å². The highest BCUT2D eigenvalue weighted by molar-refractivity contribution is 6.87. The summed E-state index contributed by atoms with van der Waals surface area (Å²) in [7, 11) is -6.01. The van der Waals surface area contributed by atoms with E-state index in [1.807, 2.05) is 11.8 Å². The zero-order chi connectivity index (χ0) is 20.2. The van der Waals surface area contributed by atoms with E-state index in [1.165, 1.54) is 0 Å². The first-order chi connectivity index (χ1) is 11.3. The third-order valence-electron chi connectivity index (χ3n) is 6.08. The lowest BCUT2D eigenvalue weighted by molar-refractivity contribution is 0.0738. The van der Waals surface area contributed by atoms with Crippen molar-refractivity contribution in [1.82, 2.24) is 0 Å². The molecule has 0 aliphatic carbocycles. The van der Waals surface area contributed by atoms with Gasteiger partial charge in [0.25, 0.3) is 0 Å². The van der Waals surface area contributed by atoms with Gasteiger partial charge in [-0.25, -0.2) is 0 Å². The Balaban J connectivity index is 6.15. The fourth-order valence-corrected chi connectivity index (χ4v) is 13.5. The molecule has 0 aromatic rings. The predicted octanol–water partition coefficient (Wildman–Crippen LogP) is 6.56. The smallest absolute Gasteiger partial charge is 0.217 e. The van der Waals surface area contributed by atoms with Gasteiger partial charge in [0.1, 0.15) is 8.07 Å². The molecule has 1 atom stereocenters. The number of rotatable bonds is 12. The molecular formula is C20H42O2Si3. The van der Waals surface area contributed by atoms with Gasteiger partial charge < -0.3 is 8.85 Å². The van der Waals surface area contributed by atoms with Crippen LogP contribution in [0.4, 0.5) is 0 Å². The van der Waals surface area contributed by atoms with Crippen molar-refractivity contribution in [2.75, 3.05) is 0 Å². The van der Waals surface area contributed by atoms with Crippen LogP contribution >= 0.6 is 0 Å². The van der Waals surface area contributed by atoms with Crippen molar-refractivity contribution < 1.29 is 8.85 Å². The molecule has 0 saturated carbocycles. The zero-order valence-corrected chi connectivity index (χ0v) is 21.3. The van der Waals surface area contributed by atoms with E-state index in [-0.39, 0.29) is 10.4 Å². The Morgan fingerprint density at radius 1 is 0.760 bits per heavy atom. The second-order valence-electron chi connectivity index (χ2n) is 8.60. The molecule has 0 spiro atoms. The van der Waals surface area contributed by atoms with Gasteiger partial charge in [0.15, 0.2) is 0 Å². The molecule has 0 aliphatic heterocycles. The van der Waals surface area contributed by atoms with Crippen molar-refractivity contribution in [2.24, 2.45) is 0 Å². The van der Waals surface area contributed by atoms with Gasteiger partial charge in [-0.3, -0.25) is 0 Å². The summed E-state index contributed by atoms with van der Waals surface area (Å²) in [5.74, 6) is 0. The van der Waals surface area contributed by atoms with E-state index >= 15 is 0 Å². The van der Waals surface area contributed by atoms with E-state index in [0.717, 1.165) is 19.3 Å². The van der Waals surface area contributed by atoms with Crippen molar-refractivity contribution in [3.63, 3.8) is 0 Å². The molecule has 1 unspecified atom stereocenters. The summed E-state index contributed by atoms with van der Waals surface area (Å²) in [6.45, 7) is 32.6. The summed E-state index contributed by atoms with van der Waals surface area (Å²) < 4.78 is 13.9. The minimum absolute atomic E-state index is 0.216. The Bertz CT molecular complexity index is 479.